The summed E-state index contributed by atoms with van der Waals surface area (Å²) < 4.78 is 11.2. The van der Waals surface area contributed by atoms with Crippen LogP contribution in [-0.4, -0.2) is 44.1 Å². The molecular weight excluding hydrogens is 348 g/mol. The van der Waals surface area contributed by atoms with Gasteiger partial charge in [0.1, 0.15) is 0 Å². The van der Waals surface area contributed by atoms with Crippen LogP contribution in [0.5, 0.6) is 0 Å². The Hall–Kier alpha value is -1.09. The van der Waals surface area contributed by atoms with Gasteiger partial charge in [0.05, 0.1) is 13.1 Å². The monoisotopic (exact) mass is 359 g/mol. The lowest BCUT2D eigenvalue weighted by Crippen LogP contribution is -2.48. The van der Waals surface area contributed by atoms with E-state index in [0.717, 1.165) is 3.57 Å². The van der Waals surface area contributed by atoms with E-state index in [1.165, 1.54) is 0 Å². The molecule has 0 aromatic heterocycles. The molecule has 0 amide bonds. The minimum Gasteiger partial charge on any atom is -0.494 e. The van der Waals surface area contributed by atoms with Gasteiger partial charge in [-0.1, -0.05) is 18.2 Å². The standard InChI is InChI=1S/C11H11BINO4/c1-14-6-10(15)17-12(18-11(16)7-14)8-4-2-3-5-9(8)13/h2-5H,6-7H2,1H3. The molecule has 1 aromatic carbocycles. The Bertz CT molecular complexity index is 462. The summed E-state index contributed by atoms with van der Waals surface area (Å²) in [6.07, 6.45) is 0. The van der Waals surface area contributed by atoms with Crippen molar-refractivity contribution in [2.45, 2.75) is 0 Å². The summed E-state index contributed by atoms with van der Waals surface area (Å²) in [5.74, 6) is -0.815. The second-order valence-corrected chi connectivity index (χ2v) is 5.17. The molecule has 0 unspecified atom stereocenters. The van der Waals surface area contributed by atoms with Crippen LogP contribution in [0.2, 0.25) is 0 Å². The maximum Gasteiger partial charge on any atom is 0.637 e. The molecule has 7 heteroatoms. The zero-order valence-electron chi connectivity index (χ0n) is 9.76. The van der Waals surface area contributed by atoms with Crippen molar-refractivity contribution >= 4 is 47.1 Å². The van der Waals surface area contributed by atoms with Gasteiger partial charge in [-0.25, -0.2) is 0 Å². The third kappa shape index (κ3) is 3.23. The third-order valence-electron chi connectivity index (χ3n) is 2.43. The number of hydrogen-bond acceptors (Lipinski definition) is 5. The van der Waals surface area contributed by atoms with Crippen molar-refractivity contribution in [2.75, 3.05) is 20.1 Å². The number of hydrogen-bond donors (Lipinski definition) is 0. The molecule has 5 nitrogen and oxygen atoms in total. The fourth-order valence-electron chi connectivity index (χ4n) is 1.63. The van der Waals surface area contributed by atoms with Gasteiger partial charge in [-0.05, 0) is 35.7 Å². The predicted molar refractivity (Wildman–Crippen MR) is 74.2 cm³/mol. The SMILES string of the molecule is CN1CC(=O)OB(c2ccccc2I)OC(=O)C1. The van der Waals surface area contributed by atoms with Crippen LogP contribution in [0.25, 0.3) is 0 Å². The lowest BCUT2D eigenvalue weighted by atomic mass is 9.78. The summed E-state index contributed by atoms with van der Waals surface area (Å²) in [5.41, 5.74) is 0.685. The van der Waals surface area contributed by atoms with Crippen LogP contribution in [0.4, 0.5) is 0 Å². The van der Waals surface area contributed by atoms with E-state index >= 15 is 0 Å². The average molecular weight is 359 g/mol. The Labute approximate surface area is 119 Å². The molecule has 18 heavy (non-hydrogen) atoms. The molecule has 0 saturated carbocycles. The minimum absolute atomic E-state index is 0.0784. The van der Waals surface area contributed by atoms with E-state index in [2.05, 4.69) is 22.6 Å². The van der Waals surface area contributed by atoms with Crippen molar-refractivity contribution in [3.63, 3.8) is 0 Å². The van der Waals surface area contributed by atoms with Crippen LogP contribution in [0, 0.1) is 3.57 Å². The Morgan fingerprint density at radius 2 is 1.72 bits per heavy atom. The lowest BCUT2D eigenvalue weighted by Gasteiger charge is -2.22. The quantitative estimate of drug-likeness (QED) is 0.523. The molecule has 2 rings (SSSR count). The summed E-state index contributed by atoms with van der Waals surface area (Å²) in [7, 11) is 0.710. The smallest absolute Gasteiger partial charge is 0.494 e. The van der Waals surface area contributed by atoms with Crippen molar-refractivity contribution in [3.8, 4) is 0 Å². The van der Waals surface area contributed by atoms with Crippen LogP contribution < -0.4 is 5.46 Å². The first-order valence-corrected chi connectivity index (χ1v) is 6.46. The van der Waals surface area contributed by atoms with Crippen molar-refractivity contribution in [1.29, 1.82) is 0 Å². The first kappa shape index (κ1) is 13.3. The molecule has 1 heterocycles. The third-order valence-corrected chi connectivity index (χ3v) is 3.42. The molecular formula is C11H11BINO4. The number of likely N-dealkylation sites (N-methyl/N-ethyl adjacent to an activating group) is 1. The molecule has 1 aromatic rings. The molecule has 1 aliphatic heterocycles. The van der Waals surface area contributed by atoms with Crippen molar-refractivity contribution in [2.24, 2.45) is 0 Å². The van der Waals surface area contributed by atoms with Gasteiger partial charge in [-0.15, -0.1) is 0 Å². The molecule has 0 N–H and O–H groups in total. The highest BCUT2D eigenvalue weighted by Crippen LogP contribution is 2.06. The van der Waals surface area contributed by atoms with Gasteiger partial charge in [0.2, 0.25) is 0 Å². The topological polar surface area (TPSA) is 55.8 Å². The van der Waals surface area contributed by atoms with Crippen molar-refractivity contribution in [3.05, 3.63) is 27.8 Å². The van der Waals surface area contributed by atoms with Gasteiger partial charge < -0.3 is 9.31 Å². The second-order valence-electron chi connectivity index (χ2n) is 4.01. The zero-order chi connectivity index (χ0) is 13.1. The van der Waals surface area contributed by atoms with Gasteiger partial charge in [0.25, 0.3) is 0 Å². The molecule has 0 atom stereocenters. The molecule has 0 radical (unpaired) electrons. The summed E-state index contributed by atoms with van der Waals surface area (Å²) in [4.78, 5) is 24.7. The lowest BCUT2D eigenvalue weighted by molar-refractivity contribution is -0.145. The largest absolute Gasteiger partial charge is 0.637 e. The first-order chi connectivity index (χ1) is 8.56. The highest BCUT2D eigenvalue weighted by atomic mass is 127. The zero-order valence-corrected chi connectivity index (χ0v) is 11.9. The van der Waals surface area contributed by atoms with Gasteiger partial charge in [0, 0.05) is 9.03 Å². The van der Waals surface area contributed by atoms with Gasteiger partial charge in [0.15, 0.2) is 0 Å². The summed E-state index contributed by atoms with van der Waals surface area (Å²) in [6.45, 7) is 0.157. The van der Waals surface area contributed by atoms with E-state index in [9.17, 15) is 9.59 Å². The molecule has 0 spiro atoms. The fourth-order valence-corrected chi connectivity index (χ4v) is 2.27. The molecule has 94 valence electrons. The average Bonchev–Trinajstić information content (AvgIpc) is 2.26. The number of nitrogens with zero attached hydrogens (tertiary/aromatic N) is 1. The Morgan fingerprint density at radius 1 is 1.17 bits per heavy atom. The van der Waals surface area contributed by atoms with Crippen LogP contribution >= 0.6 is 22.6 Å². The second kappa shape index (κ2) is 5.70. The van der Waals surface area contributed by atoms with E-state index in [1.54, 1.807) is 18.0 Å². The minimum atomic E-state index is -0.952. The van der Waals surface area contributed by atoms with E-state index in [4.69, 9.17) is 9.31 Å². The Kier molecular flexibility index (Phi) is 4.23. The highest BCUT2D eigenvalue weighted by Gasteiger charge is 2.34. The molecule has 1 fully saturated rings. The van der Waals surface area contributed by atoms with E-state index in [-0.39, 0.29) is 13.1 Å². The number of carbonyl (C=O) groups is 2. The first-order valence-electron chi connectivity index (χ1n) is 5.38. The maximum absolute atomic E-state index is 11.6. The van der Waals surface area contributed by atoms with Gasteiger partial charge in [-0.2, -0.15) is 0 Å². The van der Waals surface area contributed by atoms with E-state index < -0.39 is 19.1 Å². The normalized spacial score (nSPS) is 17.8. The van der Waals surface area contributed by atoms with E-state index in [1.807, 2.05) is 18.2 Å². The van der Waals surface area contributed by atoms with Gasteiger partial charge >= 0.3 is 19.1 Å². The number of carbonyl (C=O) groups excluding carboxylic acids is 2. The van der Waals surface area contributed by atoms with Crippen LogP contribution in [0.3, 0.4) is 0 Å². The van der Waals surface area contributed by atoms with Crippen LogP contribution in [0.15, 0.2) is 24.3 Å². The van der Waals surface area contributed by atoms with Crippen molar-refractivity contribution in [1.82, 2.24) is 4.90 Å². The summed E-state index contributed by atoms with van der Waals surface area (Å²) in [6, 6.07) is 7.32. The maximum atomic E-state index is 11.6. The molecule has 0 bridgehead atoms. The number of rotatable bonds is 1. The number of halogens is 1. The number of benzene rings is 1. The van der Waals surface area contributed by atoms with Crippen molar-refractivity contribution < 1.29 is 18.9 Å². The summed E-state index contributed by atoms with van der Waals surface area (Å²) in [5, 5.41) is 0. The molecule has 1 saturated heterocycles. The van der Waals surface area contributed by atoms with Gasteiger partial charge in [-0.3, -0.25) is 14.5 Å². The Morgan fingerprint density at radius 3 is 2.28 bits per heavy atom. The molecule has 1 aliphatic rings. The molecule has 0 aliphatic carbocycles. The van der Waals surface area contributed by atoms with E-state index in [0.29, 0.717) is 5.46 Å². The highest BCUT2D eigenvalue weighted by molar-refractivity contribution is 14.1. The fraction of sp³-hybridized carbons (Fsp3) is 0.273. The predicted octanol–water partition coefficient (Wildman–Crippen LogP) is 0.0182. The van der Waals surface area contributed by atoms with Crippen LogP contribution in [0.1, 0.15) is 0 Å². The van der Waals surface area contributed by atoms with Crippen LogP contribution in [-0.2, 0) is 18.9 Å². The Balaban J connectivity index is 2.24. The summed E-state index contributed by atoms with van der Waals surface area (Å²) >= 11 is 2.11.